The highest BCUT2D eigenvalue weighted by Crippen LogP contribution is 1.54. The Kier molecular flexibility index (Phi) is 22.6. The van der Waals surface area contributed by atoms with Crippen molar-refractivity contribution in [1.29, 1.82) is 0 Å². The zero-order valence-corrected chi connectivity index (χ0v) is 7.85. The molecule has 2 nitrogen and oxygen atoms in total. The summed E-state index contributed by atoms with van der Waals surface area (Å²) in [6.07, 6.45) is 0. The fraction of sp³-hybridized carbons (Fsp3) is 1.00. The third-order valence-corrected chi connectivity index (χ3v) is 0.778. The summed E-state index contributed by atoms with van der Waals surface area (Å²) in [7, 11) is 25.7. The lowest BCUT2D eigenvalue weighted by molar-refractivity contribution is 0.900. The van der Waals surface area contributed by atoms with Gasteiger partial charge in [0.2, 0.25) is 0 Å². The van der Waals surface area contributed by atoms with Gasteiger partial charge in [0.1, 0.15) is 0 Å². The van der Waals surface area contributed by atoms with E-state index in [1.54, 1.807) is 21.2 Å². The first-order chi connectivity index (χ1) is 6.33. The maximum Gasteiger partial charge on any atom is 0 e. The summed E-state index contributed by atoms with van der Waals surface area (Å²) < 4.78 is 0. The molecule has 12 heteroatoms. The van der Waals surface area contributed by atoms with Crippen LogP contribution in [0.3, 0.4) is 0 Å². The van der Waals surface area contributed by atoms with Crippen LogP contribution in [-0.2, 0) is 0 Å². The third kappa shape index (κ3) is 24.5. The minimum atomic E-state index is 1.48. The second kappa shape index (κ2) is 18.4. The van der Waals surface area contributed by atoms with Crippen LogP contribution in [0.1, 0.15) is 0 Å². The quantitative estimate of drug-likeness (QED) is 0.167. The molecule has 0 aliphatic heterocycles. The highest BCUT2D eigenvalue weighted by molar-refractivity contribution is 7.68. The van der Waals surface area contributed by atoms with E-state index in [0.717, 1.165) is 0 Å². The van der Waals surface area contributed by atoms with Gasteiger partial charge < -0.3 is 0 Å². The van der Waals surface area contributed by atoms with Crippen molar-refractivity contribution in [2.24, 2.45) is 5.84 Å². The smallest absolute Gasteiger partial charge is 0 e. The fourth-order valence-corrected chi connectivity index (χ4v) is 0.385. The maximum absolute atomic E-state index is 5.08. The molecular weight excluding hydrogens is 148 g/mol. The summed E-state index contributed by atoms with van der Waals surface area (Å²) in [4.78, 5) is 0. The molecule has 0 bridgehead atoms. The van der Waals surface area contributed by atoms with Crippen LogP contribution in [0.25, 0.3) is 0 Å². The predicted molar refractivity (Wildman–Crippen MR) is 70.8 cm³/mol. The number of nitrogens with one attached hydrogen (secondary N) is 1. The van der Waals surface area contributed by atoms with Crippen molar-refractivity contribution in [3.05, 3.63) is 0 Å². The van der Waals surface area contributed by atoms with Gasteiger partial charge in [-0.3, -0.25) is 11.3 Å². The first-order valence-electron chi connectivity index (χ1n) is 3.79. The highest BCUT2D eigenvalue weighted by atomic mass is 15.2. The molecule has 0 heterocycles. The molecule has 0 saturated heterocycles. The second-order valence-corrected chi connectivity index (χ2v) is 1.83. The van der Waals surface area contributed by atoms with Gasteiger partial charge in [0.05, 0.1) is 0 Å². The van der Waals surface area contributed by atoms with Crippen molar-refractivity contribution in [2.75, 3.05) is 7.05 Å². The molecule has 0 fully saturated rings. The molecule has 50 valence electrons. The van der Waals surface area contributed by atoms with Crippen LogP contribution >= 0.6 is 0 Å². The molecule has 12 radical (unpaired) electrons. The van der Waals surface area contributed by atoms with Gasteiger partial charge in [0.25, 0.3) is 0 Å². The van der Waals surface area contributed by atoms with E-state index in [9.17, 15) is 0 Å². The SMILES string of the molecule is CNN.[B][B][B][B][B][B][B][B][B][B]. The standard InChI is InChI=1S/CH6N2.B10/c1-3-2;1-3-5-7-9-10-8-6-4-2/h3H,2H2,1H3;. The van der Waals surface area contributed by atoms with E-state index in [0.29, 0.717) is 0 Å². The summed E-state index contributed by atoms with van der Waals surface area (Å²) in [6, 6.07) is 0. The topological polar surface area (TPSA) is 38.0 Å². The van der Waals surface area contributed by atoms with E-state index in [1.165, 1.54) is 14.1 Å². The van der Waals surface area contributed by atoms with Gasteiger partial charge in [0, 0.05) is 72.0 Å². The predicted octanol–water partition coefficient (Wildman–Crippen LogP) is -4.73. The van der Waals surface area contributed by atoms with E-state index in [4.69, 9.17) is 15.5 Å². The average molecular weight is 154 g/mol. The second-order valence-electron chi connectivity index (χ2n) is 1.83. The van der Waals surface area contributed by atoms with Gasteiger partial charge in [-0.25, -0.2) is 0 Å². The van der Waals surface area contributed by atoms with Crippen LogP contribution in [0.15, 0.2) is 0 Å². The van der Waals surface area contributed by atoms with Gasteiger partial charge in [-0.2, -0.15) is 0 Å². The number of rotatable bonds is 7. The molecule has 0 aliphatic carbocycles. The number of hydrazine groups is 1. The largest absolute Gasteiger partial charge is 0.272 e. The lowest BCUT2D eigenvalue weighted by atomic mass is 8.89. The molecule has 0 rings (SSSR count). The Morgan fingerprint density at radius 2 is 1.08 bits per heavy atom. The summed E-state index contributed by atoms with van der Waals surface area (Å²) in [5.41, 5.74) is 2.25. The minimum Gasteiger partial charge on any atom is -0.272 e. The molecular formula is CH6B10N2. The Morgan fingerprint density at radius 3 is 1.31 bits per heavy atom. The summed E-state index contributed by atoms with van der Waals surface area (Å²) in [6.45, 7) is 0. The zero-order valence-electron chi connectivity index (χ0n) is 7.85. The molecule has 0 aromatic rings. The van der Waals surface area contributed by atoms with E-state index >= 15 is 0 Å². The summed E-state index contributed by atoms with van der Waals surface area (Å²) >= 11 is 0. The molecule has 0 aromatic carbocycles. The van der Waals surface area contributed by atoms with Crippen LogP contribution in [-0.4, -0.2) is 79.0 Å². The molecule has 0 aromatic heterocycles. The molecule has 0 atom stereocenters. The van der Waals surface area contributed by atoms with Crippen LogP contribution in [0, 0.1) is 0 Å². The van der Waals surface area contributed by atoms with Gasteiger partial charge in [0.15, 0.2) is 0 Å². The summed E-state index contributed by atoms with van der Waals surface area (Å²) in [5.74, 6) is 4.60. The third-order valence-electron chi connectivity index (χ3n) is 0.778. The van der Waals surface area contributed by atoms with Crippen LogP contribution in [0.4, 0.5) is 0 Å². The van der Waals surface area contributed by atoms with Crippen LogP contribution < -0.4 is 11.3 Å². The Bertz CT molecular complexity index is 61.9. The highest BCUT2D eigenvalue weighted by Gasteiger charge is 1.92. The monoisotopic (exact) mass is 156 g/mol. The van der Waals surface area contributed by atoms with Gasteiger partial charge >= 0.3 is 0 Å². The first-order valence-corrected chi connectivity index (χ1v) is 3.79. The van der Waals surface area contributed by atoms with E-state index in [-0.39, 0.29) is 0 Å². The van der Waals surface area contributed by atoms with Crippen molar-refractivity contribution in [3.8, 4) is 0 Å². The van der Waals surface area contributed by atoms with Gasteiger partial charge in [-0.1, -0.05) is 0 Å². The molecule has 13 heavy (non-hydrogen) atoms. The van der Waals surface area contributed by atoms with E-state index in [1.807, 2.05) is 28.2 Å². The van der Waals surface area contributed by atoms with Crippen molar-refractivity contribution in [3.63, 3.8) is 0 Å². The molecule has 0 saturated carbocycles. The Balaban J connectivity index is 0. The van der Waals surface area contributed by atoms with Crippen molar-refractivity contribution in [1.82, 2.24) is 5.43 Å². The number of hydrogen-bond donors (Lipinski definition) is 2. The minimum absolute atomic E-state index is 1.48. The maximum atomic E-state index is 5.08. The lowest BCUT2D eigenvalue weighted by Crippen LogP contribution is -2.30. The molecule has 0 spiro atoms. The Hall–Kier alpha value is 0.569. The first kappa shape index (κ1) is 16.0. The Labute approximate surface area is 90.7 Å². The number of hydrogen-bond acceptors (Lipinski definition) is 2. The number of nitrogens with two attached hydrogens (primary N) is 1. The molecule has 3 N–H and O–H groups in total. The fourth-order valence-electron chi connectivity index (χ4n) is 0.385. The zero-order chi connectivity index (χ0) is 10.4. The molecule has 0 aliphatic rings. The van der Waals surface area contributed by atoms with Crippen LogP contribution in [0.2, 0.25) is 0 Å². The molecule has 0 unspecified atom stereocenters. The van der Waals surface area contributed by atoms with Crippen LogP contribution in [0.5, 0.6) is 0 Å². The van der Waals surface area contributed by atoms with Gasteiger partial charge in [-0.15, -0.1) is 0 Å². The normalized spacial score (nSPS) is 6.62. The average Bonchev–Trinajstić information content (AvgIpc) is 2.13. The lowest BCUT2D eigenvalue weighted by Gasteiger charge is -1.92. The summed E-state index contributed by atoms with van der Waals surface area (Å²) in [5, 5.41) is 0. The molecule has 0 amide bonds. The van der Waals surface area contributed by atoms with Crippen molar-refractivity contribution in [2.45, 2.75) is 0 Å². The van der Waals surface area contributed by atoms with Crippen molar-refractivity contribution >= 4 is 72.0 Å². The van der Waals surface area contributed by atoms with E-state index in [2.05, 4.69) is 11.3 Å². The van der Waals surface area contributed by atoms with Crippen molar-refractivity contribution < 1.29 is 0 Å². The Morgan fingerprint density at radius 1 is 0.846 bits per heavy atom. The van der Waals surface area contributed by atoms with Gasteiger partial charge in [-0.05, 0) is 7.05 Å². The van der Waals surface area contributed by atoms with E-state index < -0.39 is 0 Å².